The summed E-state index contributed by atoms with van der Waals surface area (Å²) < 4.78 is 11.1. The molecule has 2 nitrogen and oxygen atoms in total. The summed E-state index contributed by atoms with van der Waals surface area (Å²) in [7, 11) is 0. The third kappa shape index (κ3) is 8.43. The minimum atomic E-state index is 0.269. The Labute approximate surface area is 107 Å². The van der Waals surface area contributed by atoms with E-state index in [0.717, 1.165) is 25.4 Å². The van der Waals surface area contributed by atoms with Crippen LogP contribution in [0, 0.1) is 11.3 Å². The summed E-state index contributed by atoms with van der Waals surface area (Å²) >= 11 is 4.37. The molecule has 1 atom stereocenters. The summed E-state index contributed by atoms with van der Waals surface area (Å²) in [5, 5.41) is 0. The third-order valence-electron chi connectivity index (χ3n) is 2.78. The van der Waals surface area contributed by atoms with E-state index in [1.54, 1.807) is 0 Å². The van der Waals surface area contributed by atoms with Crippen molar-refractivity contribution >= 4 is 12.6 Å². The summed E-state index contributed by atoms with van der Waals surface area (Å²) in [5.41, 5.74) is 0.269. The second-order valence-corrected chi connectivity index (χ2v) is 5.65. The molecule has 16 heavy (non-hydrogen) atoms. The number of hydrogen-bond acceptors (Lipinski definition) is 3. The molecule has 0 aliphatic carbocycles. The molecular formula is C13H28O2S. The van der Waals surface area contributed by atoms with Crippen molar-refractivity contribution in [1.29, 1.82) is 0 Å². The van der Waals surface area contributed by atoms with Crippen molar-refractivity contribution in [3.8, 4) is 0 Å². The molecule has 0 bridgehead atoms. The Hall–Kier alpha value is 0.270. The molecule has 0 aromatic carbocycles. The minimum Gasteiger partial charge on any atom is -0.379 e. The van der Waals surface area contributed by atoms with Gasteiger partial charge in [0.25, 0.3) is 0 Å². The van der Waals surface area contributed by atoms with Crippen LogP contribution in [0.4, 0.5) is 0 Å². The van der Waals surface area contributed by atoms with Gasteiger partial charge < -0.3 is 9.47 Å². The van der Waals surface area contributed by atoms with Crippen molar-refractivity contribution in [2.45, 2.75) is 40.5 Å². The van der Waals surface area contributed by atoms with Crippen LogP contribution in [-0.4, -0.2) is 32.2 Å². The highest BCUT2D eigenvalue weighted by atomic mass is 32.1. The van der Waals surface area contributed by atoms with Crippen LogP contribution in [-0.2, 0) is 9.47 Å². The van der Waals surface area contributed by atoms with Gasteiger partial charge >= 0.3 is 0 Å². The molecule has 0 heterocycles. The molecule has 0 fully saturated rings. The van der Waals surface area contributed by atoms with E-state index in [1.165, 1.54) is 6.42 Å². The molecule has 0 amide bonds. The smallest absolute Gasteiger partial charge is 0.0700 e. The average Bonchev–Trinajstić information content (AvgIpc) is 2.20. The van der Waals surface area contributed by atoms with Gasteiger partial charge in [0, 0.05) is 6.61 Å². The van der Waals surface area contributed by atoms with Crippen molar-refractivity contribution in [2.24, 2.45) is 11.3 Å². The number of ether oxygens (including phenoxy) is 2. The molecule has 0 N–H and O–H groups in total. The Bertz CT molecular complexity index is 155. The van der Waals surface area contributed by atoms with Crippen LogP contribution < -0.4 is 0 Å². The Kier molecular flexibility index (Phi) is 9.47. The Morgan fingerprint density at radius 2 is 1.69 bits per heavy atom. The van der Waals surface area contributed by atoms with Gasteiger partial charge in [-0.15, -0.1) is 0 Å². The topological polar surface area (TPSA) is 18.5 Å². The Morgan fingerprint density at radius 1 is 1.06 bits per heavy atom. The van der Waals surface area contributed by atoms with Crippen molar-refractivity contribution in [3.63, 3.8) is 0 Å². The maximum atomic E-state index is 5.62. The van der Waals surface area contributed by atoms with Gasteiger partial charge in [0.2, 0.25) is 0 Å². The van der Waals surface area contributed by atoms with E-state index in [0.29, 0.717) is 19.1 Å². The van der Waals surface area contributed by atoms with E-state index in [9.17, 15) is 0 Å². The standard InChI is InChI=1S/C13H28O2S/c1-5-6-7-14-8-9-15-10-12(11-16)13(2,3)4/h12,16H,5-11H2,1-4H3. The highest BCUT2D eigenvalue weighted by molar-refractivity contribution is 7.80. The van der Waals surface area contributed by atoms with Crippen molar-refractivity contribution in [1.82, 2.24) is 0 Å². The molecule has 0 aliphatic heterocycles. The molecule has 0 saturated heterocycles. The van der Waals surface area contributed by atoms with E-state index in [2.05, 4.69) is 40.3 Å². The van der Waals surface area contributed by atoms with E-state index in [4.69, 9.17) is 9.47 Å². The van der Waals surface area contributed by atoms with Gasteiger partial charge in [-0.3, -0.25) is 0 Å². The molecular weight excluding hydrogens is 220 g/mol. The van der Waals surface area contributed by atoms with E-state index < -0.39 is 0 Å². The average molecular weight is 248 g/mol. The lowest BCUT2D eigenvalue weighted by Crippen LogP contribution is -2.27. The highest BCUT2D eigenvalue weighted by Gasteiger charge is 2.23. The first-order valence-corrected chi connectivity index (χ1v) is 6.92. The fraction of sp³-hybridized carbons (Fsp3) is 1.00. The lowest BCUT2D eigenvalue weighted by atomic mass is 9.82. The zero-order chi connectivity index (χ0) is 12.4. The van der Waals surface area contributed by atoms with Gasteiger partial charge in [-0.1, -0.05) is 34.1 Å². The first-order chi connectivity index (χ1) is 7.52. The molecule has 0 spiro atoms. The largest absolute Gasteiger partial charge is 0.379 e. The number of unbranched alkanes of at least 4 members (excludes halogenated alkanes) is 1. The molecule has 3 heteroatoms. The van der Waals surface area contributed by atoms with Gasteiger partial charge in [-0.25, -0.2) is 0 Å². The summed E-state index contributed by atoms with van der Waals surface area (Å²) in [6, 6.07) is 0. The summed E-state index contributed by atoms with van der Waals surface area (Å²) in [4.78, 5) is 0. The van der Waals surface area contributed by atoms with Crippen molar-refractivity contribution in [3.05, 3.63) is 0 Å². The zero-order valence-electron chi connectivity index (χ0n) is 11.3. The van der Waals surface area contributed by atoms with Crippen molar-refractivity contribution < 1.29 is 9.47 Å². The zero-order valence-corrected chi connectivity index (χ0v) is 12.2. The van der Waals surface area contributed by atoms with Crippen LogP contribution in [0.2, 0.25) is 0 Å². The Morgan fingerprint density at radius 3 is 2.19 bits per heavy atom. The fourth-order valence-corrected chi connectivity index (χ4v) is 1.92. The van der Waals surface area contributed by atoms with Crippen LogP contribution in [0.3, 0.4) is 0 Å². The van der Waals surface area contributed by atoms with Gasteiger partial charge in [-0.2, -0.15) is 12.6 Å². The normalized spacial score (nSPS) is 14.1. The number of hydrogen-bond donors (Lipinski definition) is 1. The molecule has 0 rings (SSSR count). The molecule has 0 saturated carbocycles. The number of rotatable bonds is 9. The van der Waals surface area contributed by atoms with Crippen LogP contribution in [0.1, 0.15) is 40.5 Å². The minimum absolute atomic E-state index is 0.269. The molecule has 1 unspecified atom stereocenters. The van der Waals surface area contributed by atoms with Gasteiger partial charge in [-0.05, 0) is 23.5 Å². The van der Waals surface area contributed by atoms with Crippen LogP contribution in [0.15, 0.2) is 0 Å². The highest BCUT2D eigenvalue weighted by Crippen LogP contribution is 2.26. The van der Waals surface area contributed by atoms with Gasteiger partial charge in [0.15, 0.2) is 0 Å². The van der Waals surface area contributed by atoms with Crippen LogP contribution >= 0.6 is 12.6 Å². The van der Waals surface area contributed by atoms with E-state index >= 15 is 0 Å². The maximum Gasteiger partial charge on any atom is 0.0700 e. The van der Waals surface area contributed by atoms with Crippen LogP contribution in [0.25, 0.3) is 0 Å². The fourth-order valence-electron chi connectivity index (χ4n) is 1.27. The number of thiol groups is 1. The third-order valence-corrected chi connectivity index (χ3v) is 3.22. The first-order valence-electron chi connectivity index (χ1n) is 6.28. The predicted molar refractivity (Wildman–Crippen MR) is 73.3 cm³/mol. The first kappa shape index (κ1) is 16.3. The van der Waals surface area contributed by atoms with Crippen LogP contribution in [0.5, 0.6) is 0 Å². The molecule has 0 aromatic rings. The van der Waals surface area contributed by atoms with E-state index in [-0.39, 0.29) is 5.41 Å². The van der Waals surface area contributed by atoms with E-state index in [1.807, 2.05) is 0 Å². The lowest BCUT2D eigenvalue weighted by Gasteiger charge is -2.29. The lowest BCUT2D eigenvalue weighted by molar-refractivity contribution is 0.0185. The second kappa shape index (κ2) is 9.32. The van der Waals surface area contributed by atoms with Gasteiger partial charge in [0.05, 0.1) is 19.8 Å². The summed E-state index contributed by atoms with van der Waals surface area (Å²) in [6.07, 6.45) is 2.33. The maximum absolute atomic E-state index is 5.62. The summed E-state index contributed by atoms with van der Waals surface area (Å²) in [5.74, 6) is 1.38. The SMILES string of the molecule is CCCCOCCOCC(CS)C(C)(C)C. The van der Waals surface area contributed by atoms with Crippen molar-refractivity contribution in [2.75, 3.05) is 32.2 Å². The quantitative estimate of drug-likeness (QED) is 0.498. The van der Waals surface area contributed by atoms with Gasteiger partial charge in [0.1, 0.15) is 0 Å². The monoisotopic (exact) mass is 248 g/mol. The molecule has 98 valence electrons. The summed E-state index contributed by atoms with van der Waals surface area (Å²) in [6.45, 7) is 11.9. The molecule has 0 aromatic heterocycles. The Balaban J connectivity index is 3.42. The molecule has 0 radical (unpaired) electrons. The second-order valence-electron chi connectivity index (χ2n) is 5.29. The predicted octanol–water partition coefficient (Wildman–Crippen LogP) is 3.41. The molecule has 0 aliphatic rings.